The molecule has 3 N–H and O–H groups in total. The Morgan fingerprint density at radius 1 is 1.25 bits per heavy atom. The molecule has 4 heteroatoms. The third-order valence-corrected chi connectivity index (χ3v) is 4.38. The number of hydrogen-bond acceptors (Lipinski definition) is 2. The van der Waals surface area contributed by atoms with Crippen molar-refractivity contribution < 1.29 is 4.79 Å². The molecule has 0 saturated carbocycles. The van der Waals surface area contributed by atoms with E-state index in [1.165, 1.54) is 11.1 Å². The summed E-state index contributed by atoms with van der Waals surface area (Å²) in [5.41, 5.74) is 8.67. The van der Waals surface area contributed by atoms with Crippen molar-refractivity contribution in [2.24, 2.45) is 5.73 Å². The molecule has 0 saturated heterocycles. The van der Waals surface area contributed by atoms with Gasteiger partial charge in [0.25, 0.3) is 0 Å². The van der Waals surface area contributed by atoms with E-state index in [-0.39, 0.29) is 5.91 Å². The number of amides is 1. The van der Waals surface area contributed by atoms with Crippen LogP contribution in [0.3, 0.4) is 0 Å². The number of nitrogens with one attached hydrogen (secondary N) is 1. The predicted molar refractivity (Wildman–Crippen MR) is 87.9 cm³/mol. The van der Waals surface area contributed by atoms with Crippen molar-refractivity contribution in [3.63, 3.8) is 0 Å². The van der Waals surface area contributed by atoms with Gasteiger partial charge in [0.15, 0.2) is 0 Å². The van der Waals surface area contributed by atoms with Crippen molar-refractivity contribution in [3.05, 3.63) is 34.9 Å². The lowest BCUT2D eigenvalue weighted by atomic mass is 9.92. The lowest BCUT2D eigenvalue weighted by Crippen LogP contribution is -2.56. The standard InChI is InChI=1S/C16H24N2OS/c1-5-16(6-2,15(17)20)18-14(19)10-13-8-7-11(3)12(4)9-13/h7-9H,5-6,10H2,1-4H3,(H2,17,20)(H,18,19). The molecular weight excluding hydrogens is 268 g/mol. The summed E-state index contributed by atoms with van der Waals surface area (Å²) in [6, 6.07) is 6.08. The van der Waals surface area contributed by atoms with Gasteiger partial charge in [0.05, 0.1) is 16.9 Å². The number of hydrogen-bond donors (Lipinski definition) is 2. The van der Waals surface area contributed by atoms with E-state index in [4.69, 9.17) is 18.0 Å². The van der Waals surface area contributed by atoms with Gasteiger partial charge in [-0.05, 0) is 43.4 Å². The van der Waals surface area contributed by atoms with Gasteiger partial charge in [0.1, 0.15) is 0 Å². The molecule has 1 amide bonds. The molecule has 0 fully saturated rings. The molecule has 20 heavy (non-hydrogen) atoms. The SMILES string of the molecule is CCC(CC)(NC(=O)Cc1ccc(C)c(C)c1)C(N)=S. The molecule has 110 valence electrons. The molecule has 0 aromatic heterocycles. The van der Waals surface area contributed by atoms with Crippen molar-refractivity contribution >= 4 is 23.1 Å². The molecule has 0 atom stereocenters. The van der Waals surface area contributed by atoms with E-state index in [0.717, 1.165) is 5.56 Å². The van der Waals surface area contributed by atoms with Crippen LogP contribution in [0.1, 0.15) is 43.4 Å². The molecule has 0 radical (unpaired) electrons. The van der Waals surface area contributed by atoms with Gasteiger partial charge in [-0.1, -0.05) is 44.3 Å². The lowest BCUT2D eigenvalue weighted by molar-refractivity contribution is -0.121. The number of rotatable bonds is 6. The molecule has 0 aliphatic rings. The van der Waals surface area contributed by atoms with Gasteiger partial charge < -0.3 is 11.1 Å². The van der Waals surface area contributed by atoms with Gasteiger partial charge >= 0.3 is 0 Å². The highest BCUT2D eigenvalue weighted by Crippen LogP contribution is 2.16. The highest BCUT2D eigenvalue weighted by molar-refractivity contribution is 7.80. The second-order valence-electron chi connectivity index (χ2n) is 5.30. The van der Waals surface area contributed by atoms with Crippen molar-refractivity contribution in [1.82, 2.24) is 5.32 Å². The highest BCUT2D eigenvalue weighted by Gasteiger charge is 2.31. The van der Waals surface area contributed by atoms with Crippen LogP contribution in [0.25, 0.3) is 0 Å². The van der Waals surface area contributed by atoms with Gasteiger partial charge in [0.2, 0.25) is 5.91 Å². The fourth-order valence-electron chi connectivity index (χ4n) is 2.25. The minimum atomic E-state index is -0.563. The zero-order chi connectivity index (χ0) is 15.3. The van der Waals surface area contributed by atoms with E-state index in [1.807, 2.05) is 32.9 Å². The van der Waals surface area contributed by atoms with E-state index >= 15 is 0 Å². The average molecular weight is 292 g/mol. The van der Waals surface area contributed by atoms with Crippen LogP contribution in [0.15, 0.2) is 18.2 Å². The van der Waals surface area contributed by atoms with Crippen LogP contribution >= 0.6 is 12.2 Å². The molecule has 0 bridgehead atoms. The first-order chi connectivity index (χ1) is 9.34. The Bertz CT molecular complexity index is 507. The Balaban J connectivity index is 2.80. The maximum absolute atomic E-state index is 12.2. The first-order valence-electron chi connectivity index (χ1n) is 7.01. The number of benzene rings is 1. The molecule has 0 spiro atoms. The third kappa shape index (κ3) is 3.79. The van der Waals surface area contributed by atoms with E-state index in [9.17, 15) is 4.79 Å². The quantitative estimate of drug-likeness (QED) is 0.793. The van der Waals surface area contributed by atoms with Gasteiger partial charge in [-0.25, -0.2) is 0 Å². The van der Waals surface area contributed by atoms with E-state index in [2.05, 4.69) is 18.3 Å². The summed E-state index contributed by atoms with van der Waals surface area (Å²) in [6.45, 7) is 8.08. The predicted octanol–water partition coefficient (Wildman–Crippen LogP) is 2.81. The van der Waals surface area contributed by atoms with Crippen LogP contribution in [0.4, 0.5) is 0 Å². The third-order valence-electron chi connectivity index (χ3n) is 3.99. The van der Waals surface area contributed by atoms with E-state index in [0.29, 0.717) is 24.3 Å². The van der Waals surface area contributed by atoms with Crippen LogP contribution < -0.4 is 11.1 Å². The van der Waals surface area contributed by atoms with Crippen LogP contribution in [-0.4, -0.2) is 16.4 Å². The molecule has 0 unspecified atom stereocenters. The summed E-state index contributed by atoms with van der Waals surface area (Å²) in [7, 11) is 0. The molecule has 1 rings (SSSR count). The van der Waals surface area contributed by atoms with Crippen molar-refractivity contribution in [2.75, 3.05) is 0 Å². The Labute approximate surface area is 126 Å². The minimum Gasteiger partial charge on any atom is -0.391 e. The zero-order valence-corrected chi connectivity index (χ0v) is 13.6. The second-order valence-corrected chi connectivity index (χ2v) is 5.74. The Morgan fingerprint density at radius 2 is 1.85 bits per heavy atom. The minimum absolute atomic E-state index is 0.0373. The van der Waals surface area contributed by atoms with Crippen LogP contribution in [-0.2, 0) is 11.2 Å². The van der Waals surface area contributed by atoms with Crippen molar-refractivity contribution in [2.45, 2.75) is 52.5 Å². The maximum Gasteiger partial charge on any atom is 0.225 e. The summed E-state index contributed by atoms with van der Waals surface area (Å²) in [4.78, 5) is 12.6. The summed E-state index contributed by atoms with van der Waals surface area (Å²) in [6.07, 6.45) is 1.76. The normalized spacial score (nSPS) is 11.2. The molecule has 0 aliphatic carbocycles. The molecular formula is C16H24N2OS. The number of thiocarbonyl (C=S) groups is 1. The number of aryl methyl sites for hydroxylation is 2. The second kappa shape index (κ2) is 6.84. The van der Waals surface area contributed by atoms with Gasteiger partial charge in [-0.3, -0.25) is 4.79 Å². The topological polar surface area (TPSA) is 55.1 Å². The fourth-order valence-corrected chi connectivity index (χ4v) is 2.59. The summed E-state index contributed by atoms with van der Waals surface area (Å²) in [5.74, 6) is -0.0373. The monoisotopic (exact) mass is 292 g/mol. The Kier molecular flexibility index (Phi) is 5.69. The first-order valence-corrected chi connectivity index (χ1v) is 7.42. The van der Waals surface area contributed by atoms with Crippen LogP contribution in [0.5, 0.6) is 0 Å². The van der Waals surface area contributed by atoms with Gasteiger partial charge in [0, 0.05) is 0 Å². The molecule has 1 aromatic carbocycles. The molecule has 0 aliphatic heterocycles. The lowest BCUT2D eigenvalue weighted by Gasteiger charge is -2.31. The zero-order valence-electron chi connectivity index (χ0n) is 12.7. The summed E-state index contributed by atoms with van der Waals surface area (Å²) >= 11 is 5.11. The molecule has 3 nitrogen and oxygen atoms in total. The number of carbonyl (C=O) groups excluding carboxylic acids is 1. The maximum atomic E-state index is 12.2. The highest BCUT2D eigenvalue weighted by atomic mass is 32.1. The number of nitrogens with two attached hydrogens (primary N) is 1. The average Bonchev–Trinajstić information content (AvgIpc) is 2.40. The van der Waals surface area contributed by atoms with E-state index < -0.39 is 5.54 Å². The largest absolute Gasteiger partial charge is 0.391 e. The first kappa shape index (κ1) is 16.6. The fraction of sp³-hybridized carbons (Fsp3) is 0.500. The summed E-state index contributed by atoms with van der Waals surface area (Å²) < 4.78 is 0. The van der Waals surface area contributed by atoms with Crippen molar-refractivity contribution in [1.29, 1.82) is 0 Å². The molecule has 1 aromatic rings. The Hall–Kier alpha value is -1.42. The van der Waals surface area contributed by atoms with Gasteiger partial charge in [-0.15, -0.1) is 0 Å². The van der Waals surface area contributed by atoms with E-state index in [1.54, 1.807) is 0 Å². The van der Waals surface area contributed by atoms with Crippen LogP contribution in [0.2, 0.25) is 0 Å². The van der Waals surface area contributed by atoms with Crippen LogP contribution in [0, 0.1) is 13.8 Å². The molecule has 0 heterocycles. The summed E-state index contributed by atoms with van der Waals surface area (Å²) in [5, 5.41) is 3.01. The smallest absolute Gasteiger partial charge is 0.225 e. The Morgan fingerprint density at radius 3 is 2.30 bits per heavy atom. The number of carbonyl (C=O) groups is 1. The van der Waals surface area contributed by atoms with Crippen molar-refractivity contribution in [3.8, 4) is 0 Å². The van der Waals surface area contributed by atoms with Gasteiger partial charge in [-0.2, -0.15) is 0 Å².